The van der Waals surface area contributed by atoms with Crippen molar-refractivity contribution in [1.82, 2.24) is 10.2 Å². The maximum atomic E-state index is 10.9. The molecule has 0 atom stereocenters. The SMILES string of the molecule is CN(C)CCC1(NC(N)=O)CCCC1.Cl.Cl. The van der Waals surface area contributed by atoms with Crippen LogP contribution in [0.15, 0.2) is 0 Å². The van der Waals surface area contributed by atoms with E-state index in [1.165, 1.54) is 12.8 Å². The number of carbonyl (C=O) groups excluding carboxylic acids is 1. The molecule has 1 rings (SSSR count). The molecule has 0 heterocycles. The Balaban J connectivity index is 0. The molecule has 0 spiro atoms. The minimum absolute atomic E-state index is 0. The van der Waals surface area contributed by atoms with E-state index in [1.54, 1.807) is 0 Å². The second-order valence-corrected chi connectivity index (χ2v) is 4.53. The van der Waals surface area contributed by atoms with Gasteiger partial charge >= 0.3 is 6.03 Å². The van der Waals surface area contributed by atoms with E-state index < -0.39 is 0 Å². The van der Waals surface area contributed by atoms with Gasteiger partial charge < -0.3 is 16.0 Å². The average Bonchev–Trinajstić information content (AvgIpc) is 2.49. The fourth-order valence-electron chi connectivity index (χ4n) is 2.19. The number of hydrogen-bond donors (Lipinski definition) is 2. The van der Waals surface area contributed by atoms with Gasteiger partial charge in [-0.3, -0.25) is 0 Å². The summed E-state index contributed by atoms with van der Waals surface area (Å²) >= 11 is 0. The maximum absolute atomic E-state index is 10.9. The van der Waals surface area contributed by atoms with E-state index in [1.807, 2.05) is 14.1 Å². The van der Waals surface area contributed by atoms with Gasteiger partial charge in [0.05, 0.1) is 0 Å². The summed E-state index contributed by atoms with van der Waals surface area (Å²) in [5.74, 6) is 0. The Morgan fingerprint density at radius 2 is 1.81 bits per heavy atom. The molecule has 0 aliphatic heterocycles. The summed E-state index contributed by atoms with van der Waals surface area (Å²) in [5, 5.41) is 2.92. The molecule has 1 aliphatic rings. The van der Waals surface area contributed by atoms with E-state index in [2.05, 4.69) is 10.2 Å². The van der Waals surface area contributed by atoms with E-state index in [-0.39, 0.29) is 36.4 Å². The van der Waals surface area contributed by atoms with Gasteiger partial charge in [-0.2, -0.15) is 0 Å². The van der Waals surface area contributed by atoms with Crippen molar-refractivity contribution < 1.29 is 4.79 Å². The Labute approximate surface area is 110 Å². The van der Waals surface area contributed by atoms with Crippen LogP contribution in [-0.4, -0.2) is 37.1 Å². The third-order valence-electron chi connectivity index (χ3n) is 2.99. The molecule has 0 bridgehead atoms. The molecule has 2 amide bonds. The predicted molar refractivity (Wildman–Crippen MR) is 71.6 cm³/mol. The monoisotopic (exact) mass is 271 g/mol. The van der Waals surface area contributed by atoms with Crippen LogP contribution >= 0.6 is 24.8 Å². The largest absolute Gasteiger partial charge is 0.352 e. The number of primary amides is 1. The first kappa shape index (κ1) is 18.2. The fraction of sp³-hybridized carbons (Fsp3) is 0.900. The predicted octanol–water partition coefficient (Wildman–Crippen LogP) is 1.76. The molecule has 3 N–H and O–H groups in total. The summed E-state index contributed by atoms with van der Waals surface area (Å²) in [6, 6.07) is -0.384. The van der Waals surface area contributed by atoms with Crippen LogP contribution < -0.4 is 11.1 Å². The van der Waals surface area contributed by atoms with Crippen molar-refractivity contribution in [3.63, 3.8) is 0 Å². The Hall–Kier alpha value is -0.190. The van der Waals surface area contributed by atoms with Crippen molar-refractivity contribution in [3.05, 3.63) is 0 Å². The number of nitrogens with zero attached hydrogens (tertiary/aromatic N) is 1. The maximum Gasteiger partial charge on any atom is 0.312 e. The molecule has 4 nitrogen and oxygen atoms in total. The van der Waals surface area contributed by atoms with Crippen LogP contribution in [0, 0.1) is 0 Å². The van der Waals surface area contributed by atoms with Crippen molar-refractivity contribution in [2.45, 2.75) is 37.6 Å². The van der Waals surface area contributed by atoms with Gasteiger partial charge in [0, 0.05) is 5.54 Å². The van der Waals surface area contributed by atoms with Crippen molar-refractivity contribution in [3.8, 4) is 0 Å². The van der Waals surface area contributed by atoms with Gasteiger partial charge in [0.1, 0.15) is 0 Å². The normalized spacial score (nSPS) is 17.4. The second kappa shape index (κ2) is 7.98. The van der Waals surface area contributed by atoms with E-state index in [0.29, 0.717) is 0 Å². The first-order chi connectivity index (χ1) is 6.54. The standard InChI is InChI=1S/C10H21N3O.2ClH/c1-13(2)8-7-10(12-9(11)14)5-3-4-6-10;;/h3-8H2,1-2H3,(H3,11,12,14);2*1H. The number of urea groups is 1. The molecular formula is C10H23Cl2N3O. The Morgan fingerprint density at radius 3 is 2.19 bits per heavy atom. The summed E-state index contributed by atoms with van der Waals surface area (Å²) < 4.78 is 0. The number of halogens is 2. The molecule has 0 unspecified atom stereocenters. The van der Waals surface area contributed by atoms with E-state index in [0.717, 1.165) is 25.8 Å². The van der Waals surface area contributed by atoms with Crippen molar-refractivity contribution in [2.75, 3.05) is 20.6 Å². The summed E-state index contributed by atoms with van der Waals surface area (Å²) in [5.41, 5.74) is 5.18. The van der Waals surface area contributed by atoms with Crippen molar-refractivity contribution in [1.29, 1.82) is 0 Å². The van der Waals surface area contributed by atoms with Crippen LogP contribution in [0.2, 0.25) is 0 Å². The quantitative estimate of drug-likeness (QED) is 0.819. The van der Waals surface area contributed by atoms with Crippen LogP contribution in [0.1, 0.15) is 32.1 Å². The highest BCUT2D eigenvalue weighted by Crippen LogP contribution is 2.32. The first-order valence-electron chi connectivity index (χ1n) is 5.26. The number of rotatable bonds is 4. The molecule has 98 valence electrons. The van der Waals surface area contributed by atoms with Gasteiger partial charge in [-0.1, -0.05) is 12.8 Å². The van der Waals surface area contributed by atoms with Gasteiger partial charge in [-0.05, 0) is 39.9 Å². The first-order valence-corrected chi connectivity index (χ1v) is 5.26. The molecule has 6 heteroatoms. The number of carbonyl (C=O) groups is 1. The van der Waals surface area contributed by atoms with Gasteiger partial charge in [0.2, 0.25) is 0 Å². The number of amides is 2. The minimum Gasteiger partial charge on any atom is -0.352 e. The zero-order chi connectivity index (χ0) is 10.6. The molecule has 0 aromatic rings. The molecule has 0 aromatic heterocycles. The zero-order valence-electron chi connectivity index (χ0n) is 9.99. The lowest BCUT2D eigenvalue weighted by molar-refractivity contribution is 0.223. The summed E-state index contributed by atoms with van der Waals surface area (Å²) in [7, 11) is 4.10. The Kier molecular flexibility index (Phi) is 9.07. The minimum atomic E-state index is -0.384. The number of hydrogen-bond acceptors (Lipinski definition) is 2. The Bertz CT molecular complexity index is 206. The third kappa shape index (κ3) is 5.77. The lowest BCUT2D eigenvalue weighted by Gasteiger charge is -2.30. The molecule has 0 aromatic carbocycles. The van der Waals surface area contributed by atoms with Gasteiger partial charge in [-0.25, -0.2) is 4.79 Å². The Morgan fingerprint density at radius 1 is 1.31 bits per heavy atom. The summed E-state index contributed by atoms with van der Waals surface area (Å²) in [6.45, 7) is 1.00. The second-order valence-electron chi connectivity index (χ2n) is 4.53. The van der Waals surface area contributed by atoms with Crippen LogP contribution in [0.5, 0.6) is 0 Å². The number of nitrogens with two attached hydrogens (primary N) is 1. The molecular weight excluding hydrogens is 249 g/mol. The van der Waals surface area contributed by atoms with Crippen LogP contribution in [0.3, 0.4) is 0 Å². The van der Waals surface area contributed by atoms with Gasteiger partial charge in [0.25, 0.3) is 0 Å². The van der Waals surface area contributed by atoms with E-state index in [9.17, 15) is 4.79 Å². The number of nitrogens with one attached hydrogen (secondary N) is 1. The molecule has 16 heavy (non-hydrogen) atoms. The fourth-order valence-corrected chi connectivity index (χ4v) is 2.19. The van der Waals surface area contributed by atoms with Gasteiger partial charge in [0.15, 0.2) is 0 Å². The lowest BCUT2D eigenvalue weighted by Crippen LogP contribution is -2.50. The van der Waals surface area contributed by atoms with Gasteiger partial charge in [-0.15, -0.1) is 24.8 Å². The van der Waals surface area contributed by atoms with Crippen molar-refractivity contribution >= 4 is 30.8 Å². The zero-order valence-corrected chi connectivity index (χ0v) is 11.6. The smallest absolute Gasteiger partial charge is 0.312 e. The van der Waals surface area contributed by atoms with Crippen LogP contribution in [0.25, 0.3) is 0 Å². The van der Waals surface area contributed by atoms with Crippen LogP contribution in [0.4, 0.5) is 4.79 Å². The third-order valence-corrected chi connectivity index (χ3v) is 2.99. The molecule has 1 aliphatic carbocycles. The highest BCUT2D eigenvalue weighted by molar-refractivity contribution is 5.85. The highest BCUT2D eigenvalue weighted by atomic mass is 35.5. The average molecular weight is 272 g/mol. The topological polar surface area (TPSA) is 58.4 Å². The highest BCUT2D eigenvalue weighted by Gasteiger charge is 2.34. The molecule has 0 radical (unpaired) electrons. The lowest BCUT2D eigenvalue weighted by atomic mass is 9.93. The van der Waals surface area contributed by atoms with E-state index in [4.69, 9.17) is 5.73 Å². The molecule has 1 fully saturated rings. The summed E-state index contributed by atoms with van der Waals surface area (Å²) in [6.07, 6.45) is 5.55. The summed E-state index contributed by atoms with van der Waals surface area (Å²) in [4.78, 5) is 13.0. The van der Waals surface area contributed by atoms with Crippen molar-refractivity contribution in [2.24, 2.45) is 5.73 Å². The van der Waals surface area contributed by atoms with Crippen LogP contribution in [-0.2, 0) is 0 Å². The molecule has 0 saturated heterocycles. The molecule has 1 saturated carbocycles. The van der Waals surface area contributed by atoms with E-state index >= 15 is 0 Å².